The number of halogens is 1. The summed E-state index contributed by atoms with van der Waals surface area (Å²) in [5, 5.41) is 4.85. The summed E-state index contributed by atoms with van der Waals surface area (Å²) in [6, 6.07) is 14.7. The van der Waals surface area contributed by atoms with Crippen LogP contribution in [-0.4, -0.2) is 16.7 Å². The number of hydrogen-bond acceptors (Lipinski definition) is 4. The van der Waals surface area contributed by atoms with Gasteiger partial charge in [-0.2, -0.15) is 0 Å². The van der Waals surface area contributed by atoms with Crippen molar-refractivity contribution in [2.75, 3.05) is 6.54 Å². The van der Waals surface area contributed by atoms with Crippen molar-refractivity contribution in [2.45, 2.75) is 17.1 Å². The molecule has 0 aliphatic carbocycles. The molecule has 4 nitrogen and oxygen atoms in total. The Kier molecular flexibility index (Phi) is 6.23. The Morgan fingerprint density at radius 1 is 1.16 bits per heavy atom. The molecule has 3 aromatic rings. The normalized spacial score (nSPS) is 12.0. The smallest absolute Gasteiger partial charge is 0.287 e. The second-order valence-electron chi connectivity index (χ2n) is 5.30. The van der Waals surface area contributed by atoms with E-state index in [1.54, 1.807) is 35.6 Å². The number of carbonyl (C=O) groups excluding carboxylic acids is 1. The number of benzene rings is 1. The van der Waals surface area contributed by atoms with Gasteiger partial charge in [0.25, 0.3) is 5.91 Å². The number of rotatable bonds is 7. The molecule has 0 saturated carbocycles. The fourth-order valence-electron chi connectivity index (χ4n) is 2.22. The maximum absolute atomic E-state index is 12.3. The van der Waals surface area contributed by atoms with Gasteiger partial charge in [-0.25, -0.2) is 0 Å². The van der Waals surface area contributed by atoms with Crippen LogP contribution in [0.3, 0.4) is 0 Å². The van der Waals surface area contributed by atoms with Crippen molar-refractivity contribution >= 4 is 44.0 Å². The SMILES string of the molecule is O=C(NCCc1cccs1)c1ccc(C[S@](=O)c2ccc(Br)cc2)o1. The summed E-state index contributed by atoms with van der Waals surface area (Å²) < 4.78 is 18.8. The summed E-state index contributed by atoms with van der Waals surface area (Å²) >= 11 is 5.02. The first-order valence-electron chi connectivity index (χ1n) is 7.65. The van der Waals surface area contributed by atoms with Gasteiger partial charge in [0.1, 0.15) is 5.76 Å². The van der Waals surface area contributed by atoms with Gasteiger partial charge in [-0.3, -0.25) is 9.00 Å². The van der Waals surface area contributed by atoms with Gasteiger partial charge < -0.3 is 9.73 Å². The average molecular weight is 438 g/mol. The molecule has 1 amide bonds. The average Bonchev–Trinajstić information content (AvgIpc) is 3.27. The predicted molar refractivity (Wildman–Crippen MR) is 103 cm³/mol. The maximum atomic E-state index is 12.3. The fraction of sp³-hybridized carbons (Fsp3) is 0.167. The lowest BCUT2D eigenvalue weighted by molar-refractivity contribution is 0.0925. The minimum atomic E-state index is -1.21. The van der Waals surface area contributed by atoms with E-state index in [0.29, 0.717) is 12.3 Å². The number of hydrogen-bond donors (Lipinski definition) is 1. The Hall–Kier alpha value is -1.70. The van der Waals surface area contributed by atoms with Crippen LogP contribution in [0, 0.1) is 0 Å². The van der Waals surface area contributed by atoms with Crippen LogP contribution in [0.4, 0.5) is 0 Å². The first kappa shape index (κ1) is 18.1. The van der Waals surface area contributed by atoms with Crippen LogP contribution in [0.15, 0.2) is 67.7 Å². The highest BCUT2D eigenvalue weighted by molar-refractivity contribution is 9.10. The van der Waals surface area contributed by atoms with Crippen LogP contribution >= 0.6 is 27.3 Å². The molecule has 0 bridgehead atoms. The van der Waals surface area contributed by atoms with Gasteiger partial charge in [-0.1, -0.05) is 22.0 Å². The Morgan fingerprint density at radius 3 is 2.68 bits per heavy atom. The molecule has 0 spiro atoms. The van der Waals surface area contributed by atoms with E-state index in [1.807, 2.05) is 29.6 Å². The predicted octanol–water partition coefficient (Wildman–Crippen LogP) is 4.38. The van der Waals surface area contributed by atoms with Gasteiger partial charge in [0.15, 0.2) is 5.76 Å². The van der Waals surface area contributed by atoms with Crippen LogP contribution in [0.25, 0.3) is 0 Å². The molecule has 1 N–H and O–H groups in total. The van der Waals surface area contributed by atoms with Crippen molar-refractivity contribution in [3.05, 3.63) is 74.8 Å². The number of carbonyl (C=O) groups is 1. The molecule has 3 rings (SSSR count). The van der Waals surface area contributed by atoms with Crippen LogP contribution in [0.5, 0.6) is 0 Å². The Labute approximate surface area is 160 Å². The molecule has 2 heterocycles. The lowest BCUT2D eigenvalue weighted by Gasteiger charge is -2.02. The number of furan rings is 1. The molecular formula is C18H16BrNO3S2. The van der Waals surface area contributed by atoms with Crippen molar-refractivity contribution in [3.63, 3.8) is 0 Å². The summed E-state index contributed by atoms with van der Waals surface area (Å²) in [4.78, 5) is 14.0. The zero-order valence-electron chi connectivity index (χ0n) is 13.2. The number of amides is 1. The van der Waals surface area contributed by atoms with Crippen molar-refractivity contribution in [2.24, 2.45) is 0 Å². The molecule has 0 fully saturated rings. The molecular weight excluding hydrogens is 422 g/mol. The highest BCUT2D eigenvalue weighted by Crippen LogP contribution is 2.18. The van der Waals surface area contributed by atoms with Crippen molar-refractivity contribution in [1.82, 2.24) is 5.32 Å². The molecule has 25 heavy (non-hydrogen) atoms. The second-order valence-corrected chi connectivity index (χ2v) is 8.69. The molecule has 130 valence electrons. The van der Waals surface area contributed by atoms with Crippen molar-refractivity contribution < 1.29 is 13.4 Å². The molecule has 1 atom stereocenters. The fourth-order valence-corrected chi connectivity index (χ4v) is 4.21. The molecule has 2 aromatic heterocycles. The first-order valence-corrected chi connectivity index (χ1v) is 10.6. The zero-order chi connectivity index (χ0) is 17.6. The van der Waals surface area contributed by atoms with E-state index in [0.717, 1.165) is 15.8 Å². The summed E-state index contributed by atoms with van der Waals surface area (Å²) in [5.41, 5.74) is 0. The minimum absolute atomic E-state index is 0.240. The highest BCUT2D eigenvalue weighted by Gasteiger charge is 2.13. The quantitative estimate of drug-likeness (QED) is 0.596. The first-order chi connectivity index (χ1) is 12.1. The second kappa shape index (κ2) is 8.60. The largest absolute Gasteiger partial charge is 0.455 e. The number of thiophene rings is 1. The van der Waals surface area contributed by atoms with Gasteiger partial charge in [0.05, 0.1) is 16.6 Å². The number of nitrogens with one attached hydrogen (secondary N) is 1. The van der Waals surface area contributed by atoms with Crippen molar-refractivity contribution in [3.8, 4) is 0 Å². The summed E-state index contributed by atoms with van der Waals surface area (Å²) in [6.07, 6.45) is 0.796. The van der Waals surface area contributed by atoms with E-state index in [1.165, 1.54) is 4.88 Å². The third kappa shape index (κ3) is 5.14. The summed E-state index contributed by atoms with van der Waals surface area (Å²) in [6.45, 7) is 0.556. The lowest BCUT2D eigenvalue weighted by Crippen LogP contribution is -2.25. The van der Waals surface area contributed by atoms with Crippen LogP contribution in [0.1, 0.15) is 21.2 Å². The third-order valence-corrected chi connectivity index (χ3v) is 6.28. The van der Waals surface area contributed by atoms with E-state index < -0.39 is 10.8 Å². The molecule has 0 saturated heterocycles. The maximum Gasteiger partial charge on any atom is 0.287 e. The van der Waals surface area contributed by atoms with Gasteiger partial charge in [0.2, 0.25) is 0 Å². The van der Waals surface area contributed by atoms with Gasteiger partial charge in [-0.15, -0.1) is 11.3 Å². The minimum Gasteiger partial charge on any atom is -0.455 e. The van der Waals surface area contributed by atoms with Crippen LogP contribution in [-0.2, 0) is 23.0 Å². The lowest BCUT2D eigenvalue weighted by atomic mass is 10.3. The Morgan fingerprint density at radius 2 is 1.96 bits per heavy atom. The zero-order valence-corrected chi connectivity index (χ0v) is 16.5. The Balaban J connectivity index is 1.53. The van der Waals surface area contributed by atoms with Crippen LogP contribution < -0.4 is 5.32 Å². The standard InChI is InChI=1S/C18H16BrNO3S2/c19-13-3-6-16(7-4-13)25(22)12-14-5-8-17(23-14)18(21)20-10-9-15-2-1-11-24-15/h1-8,11H,9-10,12H2,(H,20,21)/t25-/m0/s1. The van der Waals surface area contributed by atoms with Crippen LogP contribution in [0.2, 0.25) is 0 Å². The van der Waals surface area contributed by atoms with Gasteiger partial charge >= 0.3 is 0 Å². The summed E-state index contributed by atoms with van der Waals surface area (Å²) in [7, 11) is -1.21. The molecule has 0 unspecified atom stereocenters. The molecule has 0 aliphatic rings. The monoisotopic (exact) mass is 437 g/mol. The van der Waals surface area contributed by atoms with Gasteiger partial charge in [0, 0.05) is 20.8 Å². The van der Waals surface area contributed by atoms with E-state index in [9.17, 15) is 9.00 Å². The van der Waals surface area contributed by atoms with Gasteiger partial charge in [-0.05, 0) is 54.3 Å². The molecule has 7 heteroatoms. The van der Waals surface area contributed by atoms with E-state index in [-0.39, 0.29) is 17.4 Å². The molecule has 0 radical (unpaired) electrons. The third-order valence-electron chi connectivity index (χ3n) is 3.47. The summed E-state index contributed by atoms with van der Waals surface area (Å²) in [5.74, 6) is 0.764. The highest BCUT2D eigenvalue weighted by atomic mass is 79.9. The van der Waals surface area contributed by atoms with E-state index in [4.69, 9.17) is 4.42 Å². The van der Waals surface area contributed by atoms with E-state index >= 15 is 0 Å². The van der Waals surface area contributed by atoms with Crippen molar-refractivity contribution in [1.29, 1.82) is 0 Å². The Bertz CT molecular complexity index is 857. The topological polar surface area (TPSA) is 59.3 Å². The molecule has 0 aliphatic heterocycles. The van der Waals surface area contributed by atoms with E-state index in [2.05, 4.69) is 21.2 Å². The molecule has 1 aromatic carbocycles.